The standard InChI is InChI=1S/C17H8F9N5O/c1-14(18,16(21,22)23)10-4-8(15(19,20)17(24,25)26)7-2-3-11-28-9(13-30-27-6-32-13)5-31(11)12(7)29-10/h2-6H,1H3. The molecule has 0 aliphatic carbocycles. The predicted molar refractivity (Wildman–Crippen MR) is 88.2 cm³/mol. The Morgan fingerprint density at radius 3 is 2.16 bits per heavy atom. The molecule has 0 N–H and O–H groups in total. The zero-order valence-corrected chi connectivity index (χ0v) is 15.4. The number of hydrogen-bond donors (Lipinski definition) is 0. The van der Waals surface area contributed by atoms with Crippen LogP contribution in [0, 0.1) is 0 Å². The van der Waals surface area contributed by atoms with Gasteiger partial charge in [-0.2, -0.15) is 35.1 Å². The topological polar surface area (TPSA) is 69.1 Å². The normalized spacial score (nSPS) is 15.4. The number of imidazole rings is 1. The van der Waals surface area contributed by atoms with Crippen LogP contribution in [0.1, 0.15) is 18.2 Å². The lowest BCUT2D eigenvalue weighted by Crippen LogP contribution is -2.38. The summed E-state index contributed by atoms with van der Waals surface area (Å²) in [5, 5.41) is 6.08. The van der Waals surface area contributed by atoms with Crippen molar-refractivity contribution in [3.05, 3.63) is 42.0 Å². The van der Waals surface area contributed by atoms with Crippen LogP contribution in [0.5, 0.6) is 0 Å². The van der Waals surface area contributed by atoms with Crippen molar-refractivity contribution in [3.8, 4) is 11.6 Å². The van der Waals surface area contributed by atoms with Crippen molar-refractivity contribution < 1.29 is 43.9 Å². The molecule has 0 aliphatic rings. The highest BCUT2D eigenvalue weighted by atomic mass is 19.4. The summed E-state index contributed by atoms with van der Waals surface area (Å²) in [7, 11) is 0. The molecule has 0 bridgehead atoms. The molecule has 0 saturated heterocycles. The van der Waals surface area contributed by atoms with Crippen molar-refractivity contribution in [2.24, 2.45) is 0 Å². The van der Waals surface area contributed by atoms with Crippen molar-refractivity contribution in [1.82, 2.24) is 24.6 Å². The lowest BCUT2D eigenvalue weighted by molar-refractivity contribution is -0.288. The highest BCUT2D eigenvalue weighted by Crippen LogP contribution is 2.49. The number of nitrogens with zero attached hydrogens (tertiary/aromatic N) is 5. The fourth-order valence-electron chi connectivity index (χ4n) is 2.92. The Morgan fingerprint density at radius 1 is 0.906 bits per heavy atom. The van der Waals surface area contributed by atoms with Gasteiger partial charge in [0.2, 0.25) is 12.1 Å². The third-order valence-corrected chi connectivity index (χ3v) is 4.69. The molecule has 0 spiro atoms. The molecule has 0 aliphatic heterocycles. The van der Waals surface area contributed by atoms with Crippen LogP contribution in [0.2, 0.25) is 0 Å². The first kappa shape index (κ1) is 21.8. The predicted octanol–water partition coefficient (Wildman–Crippen LogP) is 5.33. The van der Waals surface area contributed by atoms with E-state index in [4.69, 9.17) is 4.42 Å². The van der Waals surface area contributed by atoms with Crippen LogP contribution in [0.25, 0.3) is 28.3 Å². The Morgan fingerprint density at radius 2 is 1.59 bits per heavy atom. The molecule has 170 valence electrons. The molecule has 1 atom stereocenters. The zero-order chi connectivity index (χ0) is 23.7. The van der Waals surface area contributed by atoms with Crippen molar-refractivity contribution in [2.45, 2.75) is 30.9 Å². The second-order valence-electron chi connectivity index (χ2n) is 6.80. The summed E-state index contributed by atoms with van der Waals surface area (Å²) in [6.07, 6.45) is -9.90. The quantitative estimate of drug-likeness (QED) is 0.380. The zero-order valence-electron chi connectivity index (χ0n) is 15.4. The molecule has 4 aromatic heterocycles. The Balaban J connectivity index is 2.11. The molecule has 0 amide bonds. The van der Waals surface area contributed by atoms with E-state index in [9.17, 15) is 39.5 Å². The Kier molecular flexibility index (Phi) is 4.47. The van der Waals surface area contributed by atoms with Gasteiger partial charge in [0.05, 0.1) is 5.69 Å². The number of hydrogen-bond acceptors (Lipinski definition) is 5. The summed E-state index contributed by atoms with van der Waals surface area (Å²) in [6, 6.07) is 1.56. The van der Waals surface area contributed by atoms with Gasteiger partial charge in [-0.15, -0.1) is 10.2 Å². The van der Waals surface area contributed by atoms with Gasteiger partial charge in [0.25, 0.3) is 5.89 Å². The SMILES string of the molecule is CC(F)(c1cc(C(F)(F)C(F)(F)F)c2ccc3nc(-c4nnco4)cn3c2n1)C(F)(F)F. The van der Waals surface area contributed by atoms with Gasteiger partial charge in [0, 0.05) is 17.1 Å². The number of fused-ring (bicyclic) bond motifs is 3. The van der Waals surface area contributed by atoms with Crippen LogP contribution in [0.4, 0.5) is 39.5 Å². The lowest BCUT2D eigenvalue weighted by atomic mass is 9.96. The number of pyridine rings is 2. The molecule has 0 aromatic carbocycles. The number of rotatable bonds is 3. The van der Waals surface area contributed by atoms with E-state index in [2.05, 4.69) is 20.2 Å². The summed E-state index contributed by atoms with van der Waals surface area (Å²) in [4.78, 5) is 7.44. The maximum Gasteiger partial charge on any atom is 0.458 e. The molecule has 0 radical (unpaired) electrons. The molecular formula is C17H8F9N5O. The largest absolute Gasteiger partial charge is 0.458 e. The van der Waals surface area contributed by atoms with Gasteiger partial charge in [-0.25, -0.2) is 14.4 Å². The second kappa shape index (κ2) is 6.56. The molecule has 15 heteroatoms. The first-order chi connectivity index (χ1) is 14.6. The van der Waals surface area contributed by atoms with Crippen LogP contribution in [0.3, 0.4) is 0 Å². The first-order valence-electron chi connectivity index (χ1n) is 8.45. The summed E-state index contributed by atoms with van der Waals surface area (Å²) in [5.41, 5.74) is -8.93. The monoisotopic (exact) mass is 469 g/mol. The molecule has 4 aromatic rings. The molecule has 4 heterocycles. The fourth-order valence-corrected chi connectivity index (χ4v) is 2.92. The van der Waals surface area contributed by atoms with Gasteiger partial charge in [0.15, 0.2) is 0 Å². The summed E-state index contributed by atoms with van der Waals surface area (Å²) in [6.45, 7) is -0.0331. The minimum atomic E-state index is -6.18. The van der Waals surface area contributed by atoms with E-state index in [0.29, 0.717) is 0 Å². The number of halogens is 9. The van der Waals surface area contributed by atoms with Crippen molar-refractivity contribution in [1.29, 1.82) is 0 Å². The van der Waals surface area contributed by atoms with Crippen LogP contribution in [0.15, 0.2) is 35.2 Å². The first-order valence-corrected chi connectivity index (χ1v) is 8.45. The van der Waals surface area contributed by atoms with E-state index < -0.39 is 46.2 Å². The molecule has 1 unspecified atom stereocenters. The van der Waals surface area contributed by atoms with Crippen molar-refractivity contribution >= 4 is 16.7 Å². The van der Waals surface area contributed by atoms with Gasteiger partial charge in [-0.05, 0) is 25.1 Å². The van der Waals surface area contributed by atoms with Crippen LogP contribution < -0.4 is 0 Å². The van der Waals surface area contributed by atoms with Gasteiger partial charge in [-0.1, -0.05) is 0 Å². The average Bonchev–Trinajstić information content (AvgIpc) is 3.34. The van der Waals surface area contributed by atoms with Crippen LogP contribution in [-0.2, 0) is 11.6 Å². The smallest absolute Gasteiger partial charge is 0.422 e. The van der Waals surface area contributed by atoms with Crippen molar-refractivity contribution in [3.63, 3.8) is 0 Å². The highest BCUT2D eigenvalue weighted by molar-refractivity contribution is 5.84. The molecule has 0 saturated carbocycles. The lowest BCUT2D eigenvalue weighted by Gasteiger charge is -2.26. The molecule has 32 heavy (non-hydrogen) atoms. The second-order valence-corrected chi connectivity index (χ2v) is 6.80. The fraction of sp³-hybridized carbons (Fsp3) is 0.294. The summed E-state index contributed by atoms with van der Waals surface area (Å²) < 4.78 is 128. The maximum absolute atomic E-state index is 14.6. The van der Waals surface area contributed by atoms with Gasteiger partial charge in [-0.3, -0.25) is 4.40 Å². The molecule has 0 fully saturated rings. The van der Waals surface area contributed by atoms with E-state index in [0.717, 1.165) is 29.1 Å². The molecule has 6 nitrogen and oxygen atoms in total. The third-order valence-electron chi connectivity index (χ3n) is 4.69. The van der Waals surface area contributed by atoms with Crippen LogP contribution in [-0.4, -0.2) is 36.9 Å². The number of alkyl halides is 9. The Hall–Kier alpha value is -3.39. The van der Waals surface area contributed by atoms with E-state index in [1.165, 1.54) is 0 Å². The van der Waals surface area contributed by atoms with Gasteiger partial charge < -0.3 is 4.42 Å². The minimum absolute atomic E-state index is 0.0331. The third kappa shape index (κ3) is 3.14. The summed E-state index contributed by atoms with van der Waals surface area (Å²) in [5.74, 6) is -5.79. The Labute approximate surface area is 170 Å². The molecule has 4 rings (SSSR count). The van der Waals surface area contributed by atoms with E-state index in [1.54, 1.807) is 0 Å². The Bertz CT molecular complexity index is 1310. The number of aromatic nitrogens is 5. The van der Waals surface area contributed by atoms with E-state index >= 15 is 0 Å². The van der Waals surface area contributed by atoms with Gasteiger partial charge in [0.1, 0.15) is 17.0 Å². The minimum Gasteiger partial charge on any atom is -0.422 e. The highest BCUT2D eigenvalue weighted by Gasteiger charge is 2.61. The maximum atomic E-state index is 14.6. The average molecular weight is 469 g/mol. The van der Waals surface area contributed by atoms with Crippen molar-refractivity contribution in [2.75, 3.05) is 0 Å². The van der Waals surface area contributed by atoms with Crippen LogP contribution >= 0.6 is 0 Å². The van der Waals surface area contributed by atoms with E-state index in [-0.39, 0.29) is 30.2 Å². The van der Waals surface area contributed by atoms with E-state index in [1.807, 2.05) is 0 Å². The summed E-state index contributed by atoms with van der Waals surface area (Å²) >= 11 is 0. The van der Waals surface area contributed by atoms with Gasteiger partial charge >= 0.3 is 18.3 Å². The molecular weight excluding hydrogens is 461 g/mol.